The number of benzene rings is 1. The van der Waals surface area contributed by atoms with Crippen molar-refractivity contribution >= 4 is 21.7 Å². The Morgan fingerprint density at radius 1 is 1.20 bits per heavy atom. The van der Waals surface area contributed by atoms with E-state index in [1.165, 1.54) is 0 Å². The van der Waals surface area contributed by atoms with Crippen molar-refractivity contribution in [3.63, 3.8) is 0 Å². The van der Waals surface area contributed by atoms with Gasteiger partial charge in [0, 0.05) is 25.4 Å². The first-order valence-electron chi connectivity index (χ1n) is 8.67. The van der Waals surface area contributed by atoms with Crippen LogP contribution in [0, 0.1) is 0 Å². The van der Waals surface area contributed by atoms with E-state index in [9.17, 15) is 17.8 Å². The average molecular weight is 367 g/mol. The number of rotatable bonds is 5. The minimum absolute atomic E-state index is 0.0179. The molecule has 0 saturated carbocycles. The number of carbonyl (C=O) groups is 1. The molecule has 2 aliphatic heterocycles. The standard InChI is InChI=1S/C17H24N2O5S/c20-17(18-9-4-1-5-10-18)16-13-19(11-6-12-25(21,22)23)14-7-2-3-8-15(14)24-16/h2-3,7-8,16H,1,4-6,9-13H2,(H,21,22,23)/p-1/t16-/m1/s1. The number of carbonyl (C=O) groups excluding carboxylic acids is 1. The van der Waals surface area contributed by atoms with E-state index in [1.54, 1.807) is 0 Å². The van der Waals surface area contributed by atoms with Gasteiger partial charge in [0.25, 0.3) is 5.91 Å². The number of ether oxygens (including phenoxy) is 1. The lowest BCUT2D eigenvalue weighted by Gasteiger charge is -2.38. The van der Waals surface area contributed by atoms with Crippen LogP contribution in [0.3, 0.4) is 0 Å². The molecule has 2 heterocycles. The summed E-state index contributed by atoms with van der Waals surface area (Å²) in [6, 6.07) is 7.39. The van der Waals surface area contributed by atoms with Gasteiger partial charge in [0.1, 0.15) is 5.75 Å². The van der Waals surface area contributed by atoms with Crippen molar-refractivity contribution in [3.05, 3.63) is 24.3 Å². The molecular formula is C17H23N2O5S-. The first-order valence-corrected chi connectivity index (χ1v) is 10.2. The maximum atomic E-state index is 12.8. The maximum Gasteiger partial charge on any atom is 0.265 e. The topological polar surface area (TPSA) is 90.0 Å². The summed E-state index contributed by atoms with van der Waals surface area (Å²) in [6.07, 6.45) is 2.80. The van der Waals surface area contributed by atoms with Crippen LogP contribution in [-0.4, -0.2) is 61.8 Å². The highest BCUT2D eigenvalue weighted by molar-refractivity contribution is 7.85. The number of hydrogen-bond donors (Lipinski definition) is 0. The number of para-hydroxylation sites is 2. The zero-order chi connectivity index (χ0) is 17.9. The van der Waals surface area contributed by atoms with Crippen molar-refractivity contribution in [2.24, 2.45) is 0 Å². The molecule has 0 radical (unpaired) electrons. The molecule has 25 heavy (non-hydrogen) atoms. The average Bonchev–Trinajstić information content (AvgIpc) is 2.60. The third-order valence-electron chi connectivity index (χ3n) is 4.63. The van der Waals surface area contributed by atoms with Crippen LogP contribution in [0.25, 0.3) is 0 Å². The van der Waals surface area contributed by atoms with Crippen LogP contribution >= 0.6 is 0 Å². The van der Waals surface area contributed by atoms with Crippen LogP contribution in [0.2, 0.25) is 0 Å². The minimum atomic E-state index is -4.23. The molecule has 1 amide bonds. The van der Waals surface area contributed by atoms with Crippen molar-refractivity contribution in [1.29, 1.82) is 0 Å². The first kappa shape index (κ1) is 18.0. The van der Waals surface area contributed by atoms with Crippen molar-refractivity contribution < 1.29 is 22.5 Å². The predicted octanol–water partition coefficient (Wildman–Crippen LogP) is 1.20. The first-order chi connectivity index (χ1) is 11.9. The van der Waals surface area contributed by atoms with E-state index in [0.717, 1.165) is 38.0 Å². The summed E-state index contributed by atoms with van der Waals surface area (Å²) in [5, 5.41) is 0. The van der Waals surface area contributed by atoms with Gasteiger partial charge in [-0.15, -0.1) is 0 Å². The number of nitrogens with zero attached hydrogens (tertiary/aromatic N) is 2. The molecule has 7 nitrogen and oxygen atoms in total. The molecule has 0 aromatic heterocycles. The van der Waals surface area contributed by atoms with Gasteiger partial charge < -0.3 is 19.1 Å². The van der Waals surface area contributed by atoms with Crippen LogP contribution in [0.5, 0.6) is 5.75 Å². The molecule has 1 fully saturated rings. The summed E-state index contributed by atoms with van der Waals surface area (Å²) in [7, 11) is -4.23. The lowest BCUT2D eigenvalue weighted by molar-refractivity contribution is -0.139. The van der Waals surface area contributed by atoms with Crippen LogP contribution in [0.1, 0.15) is 25.7 Å². The number of piperidine rings is 1. The smallest absolute Gasteiger partial charge is 0.265 e. The SMILES string of the molecule is O=C([C@H]1CN(CCCS(=O)(=O)[O-])c2ccccc2O1)N1CCCCC1. The summed E-state index contributed by atoms with van der Waals surface area (Å²) in [5.74, 6) is 0.196. The largest absolute Gasteiger partial charge is 0.748 e. The van der Waals surface area contributed by atoms with Gasteiger partial charge in [-0.2, -0.15) is 0 Å². The third kappa shape index (κ3) is 4.64. The molecule has 1 aromatic rings. The highest BCUT2D eigenvalue weighted by atomic mass is 32.2. The van der Waals surface area contributed by atoms with Crippen molar-refractivity contribution in [2.45, 2.75) is 31.8 Å². The molecule has 0 aliphatic carbocycles. The van der Waals surface area contributed by atoms with E-state index in [4.69, 9.17) is 4.74 Å². The van der Waals surface area contributed by atoms with E-state index < -0.39 is 22.0 Å². The molecule has 0 N–H and O–H groups in total. The van der Waals surface area contributed by atoms with Gasteiger partial charge >= 0.3 is 0 Å². The normalized spacial score (nSPS) is 20.8. The van der Waals surface area contributed by atoms with E-state index in [-0.39, 0.29) is 12.3 Å². The fourth-order valence-corrected chi connectivity index (χ4v) is 3.88. The molecule has 0 unspecified atom stereocenters. The Bertz CT molecular complexity index is 716. The fraction of sp³-hybridized carbons (Fsp3) is 0.588. The summed E-state index contributed by atoms with van der Waals surface area (Å²) in [4.78, 5) is 16.6. The van der Waals surface area contributed by atoms with Gasteiger partial charge in [0.2, 0.25) is 0 Å². The van der Waals surface area contributed by atoms with Gasteiger partial charge in [0.15, 0.2) is 6.10 Å². The lowest BCUT2D eigenvalue weighted by atomic mass is 10.1. The zero-order valence-corrected chi connectivity index (χ0v) is 14.9. The fourth-order valence-electron chi connectivity index (χ4n) is 3.40. The highest BCUT2D eigenvalue weighted by Gasteiger charge is 2.33. The van der Waals surface area contributed by atoms with E-state index >= 15 is 0 Å². The van der Waals surface area contributed by atoms with Crippen LogP contribution < -0.4 is 9.64 Å². The van der Waals surface area contributed by atoms with Gasteiger partial charge in [-0.25, -0.2) is 8.42 Å². The van der Waals surface area contributed by atoms with Crippen LogP contribution in [0.4, 0.5) is 5.69 Å². The second kappa shape index (κ2) is 7.61. The summed E-state index contributed by atoms with van der Waals surface area (Å²) >= 11 is 0. The lowest BCUT2D eigenvalue weighted by Crippen LogP contribution is -2.51. The Labute approximate surface area is 148 Å². The molecule has 0 bridgehead atoms. The van der Waals surface area contributed by atoms with Gasteiger partial charge in [-0.1, -0.05) is 12.1 Å². The quantitative estimate of drug-likeness (QED) is 0.727. The molecule has 1 aromatic carbocycles. The van der Waals surface area contributed by atoms with Crippen molar-refractivity contribution in [3.8, 4) is 5.75 Å². The van der Waals surface area contributed by atoms with E-state index in [1.807, 2.05) is 34.1 Å². The van der Waals surface area contributed by atoms with Crippen LogP contribution in [0.15, 0.2) is 24.3 Å². The van der Waals surface area contributed by atoms with Crippen LogP contribution in [-0.2, 0) is 14.9 Å². The Morgan fingerprint density at radius 3 is 2.64 bits per heavy atom. The van der Waals surface area contributed by atoms with E-state index in [0.29, 0.717) is 18.8 Å². The Hall–Kier alpha value is -1.80. The summed E-state index contributed by atoms with van der Waals surface area (Å²) < 4.78 is 38.4. The second-order valence-electron chi connectivity index (χ2n) is 6.52. The van der Waals surface area contributed by atoms with E-state index in [2.05, 4.69) is 0 Å². The number of likely N-dealkylation sites (tertiary alicyclic amines) is 1. The third-order valence-corrected chi connectivity index (χ3v) is 5.42. The summed E-state index contributed by atoms with van der Waals surface area (Å²) in [6.45, 7) is 2.28. The van der Waals surface area contributed by atoms with Crippen molar-refractivity contribution in [1.82, 2.24) is 4.90 Å². The predicted molar refractivity (Wildman–Crippen MR) is 92.7 cm³/mol. The molecule has 0 spiro atoms. The zero-order valence-electron chi connectivity index (χ0n) is 14.1. The molecule has 1 saturated heterocycles. The Kier molecular flexibility index (Phi) is 5.48. The molecule has 8 heteroatoms. The molecule has 1 atom stereocenters. The number of anilines is 1. The minimum Gasteiger partial charge on any atom is -0.748 e. The van der Waals surface area contributed by atoms with Gasteiger partial charge in [-0.05, 0) is 37.8 Å². The molecule has 138 valence electrons. The monoisotopic (exact) mass is 367 g/mol. The maximum absolute atomic E-state index is 12.8. The molecular weight excluding hydrogens is 344 g/mol. The van der Waals surface area contributed by atoms with Crippen molar-refractivity contribution in [2.75, 3.05) is 36.8 Å². The highest BCUT2D eigenvalue weighted by Crippen LogP contribution is 2.33. The summed E-state index contributed by atoms with van der Waals surface area (Å²) in [5.41, 5.74) is 0.827. The molecule has 3 rings (SSSR count). The number of amides is 1. The Morgan fingerprint density at radius 2 is 1.92 bits per heavy atom. The second-order valence-corrected chi connectivity index (χ2v) is 8.05. The molecule has 2 aliphatic rings. The van der Waals surface area contributed by atoms with Gasteiger partial charge in [0.05, 0.1) is 22.4 Å². The number of hydrogen-bond acceptors (Lipinski definition) is 6. The van der Waals surface area contributed by atoms with Gasteiger partial charge in [-0.3, -0.25) is 4.79 Å². The Balaban J connectivity index is 1.72. The number of fused-ring (bicyclic) bond motifs is 1.